The lowest BCUT2D eigenvalue weighted by Gasteiger charge is -2.15. The van der Waals surface area contributed by atoms with Crippen molar-refractivity contribution in [1.82, 2.24) is 0 Å². The number of nitro benzene ring substituents is 1. The van der Waals surface area contributed by atoms with Crippen molar-refractivity contribution in [3.63, 3.8) is 0 Å². The molecule has 7 heteroatoms. The minimum Gasteiger partial charge on any atom is -0.374 e. The third kappa shape index (κ3) is 3.95. The second-order valence-corrected chi connectivity index (χ2v) is 5.07. The molecule has 6 nitrogen and oxygen atoms in total. The van der Waals surface area contributed by atoms with Crippen LogP contribution in [0.15, 0.2) is 48.5 Å². The summed E-state index contributed by atoms with van der Waals surface area (Å²) in [6.45, 7) is 1.67. The molecule has 0 unspecified atom stereocenters. The van der Waals surface area contributed by atoms with E-state index in [9.17, 15) is 14.9 Å². The molecular formula is C15H14ClN3O3. The number of nitrogens with one attached hydrogen (secondary N) is 2. The number of rotatable bonds is 5. The molecule has 114 valence electrons. The molecule has 2 N–H and O–H groups in total. The van der Waals surface area contributed by atoms with Gasteiger partial charge in [-0.1, -0.05) is 23.7 Å². The molecule has 0 saturated heterocycles. The summed E-state index contributed by atoms with van der Waals surface area (Å²) in [6.07, 6.45) is 0. The van der Waals surface area contributed by atoms with Gasteiger partial charge in [-0.15, -0.1) is 0 Å². The Morgan fingerprint density at radius 3 is 2.45 bits per heavy atom. The molecule has 0 spiro atoms. The maximum absolute atomic E-state index is 12.1. The molecular weight excluding hydrogens is 306 g/mol. The Morgan fingerprint density at radius 2 is 1.82 bits per heavy atom. The van der Waals surface area contributed by atoms with Gasteiger partial charge in [-0.3, -0.25) is 14.9 Å². The number of para-hydroxylation sites is 2. The number of benzene rings is 2. The van der Waals surface area contributed by atoms with Crippen molar-refractivity contribution in [3.05, 3.63) is 63.7 Å². The highest BCUT2D eigenvalue weighted by Gasteiger charge is 2.18. The van der Waals surface area contributed by atoms with Gasteiger partial charge >= 0.3 is 0 Å². The van der Waals surface area contributed by atoms with E-state index in [1.54, 1.807) is 43.3 Å². The molecule has 2 aromatic rings. The first-order valence-corrected chi connectivity index (χ1v) is 6.91. The Balaban J connectivity index is 2.05. The SMILES string of the molecule is C[C@@H](Nc1ccc(Cl)cc1)C(=O)Nc1ccccc1[N+](=O)[O-]. The van der Waals surface area contributed by atoms with Gasteiger partial charge in [-0.05, 0) is 37.3 Å². The molecule has 0 fully saturated rings. The van der Waals surface area contributed by atoms with Crippen LogP contribution in [0, 0.1) is 10.1 Å². The molecule has 0 aromatic heterocycles. The Bertz CT molecular complexity index is 689. The van der Waals surface area contributed by atoms with Crippen LogP contribution in [-0.2, 0) is 4.79 Å². The highest BCUT2D eigenvalue weighted by molar-refractivity contribution is 6.30. The molecule has 0 radical (unpaired) electrons. The van der Waals surface area contributed by atoms with Gasteiger partial charge < -0.3 is 10.6 Å². The molecule has 0 heterocycles. The van der Waals surface area contributed by atoms with Crippen molar-refractivity contribution in [2.24, 2.45) is 0 Å². The van der Waals surface area contributed by atoms with Crippen molar-refractivity contribution in [3.8, 4) is 0 Å². The van der Waals surface area contributed by atoms with Crippen LogP contribution in [0.5, 0.6) is 0 Å². The average molecular weight is 320 g/mol. The molecule has 1 atom stereocenters. The quantitative estimate of drug-likeness (QED) is 0.650. The molecule has 0 aliphatic rings. The zero-order valence-corrected chi connectivity index (χ0v) is 12.5. The van der Waals surface area contributed by atoms with Crippen molar-refractivity contribution < 1.29 is 9.72 Å². The predicted molar refractivity (Wildman–Crippen MR) is 86.3 cm³/mol. The van der Waals surface area contributed by atoms with Gasteiger partial charge in [0.1, 0.15) is 11.7 Å². The fourth-order valence-corrected chi connectivity index (χ4v) is 1.97. The van der Waals surface area contributed by atoms with Crippen LogP contribution in [0.3, 0.4) is 0 Å². The molecule has 0 saturated carbocycles. The molecule has 0 aliphatic heterocycles. The minimum absolute atomic E-state index is 0.144. The molecule has 22 heavy (non-hydrogen) atoms. The molecule has 0 aliphatic carbocycles. The van der Waals surface area contributed by atoms with E-state index >= 15 is 0 Å². The molecule has 1 amide bonds. The van der Waals surface area contributed by atoms with E-state index < -0.39 is 11.0 Å². The molecule has 2 rings (SSSR count). The van der Waals surface area contributed by atoms with Crippen LogP contribution in [0.25, 0.3) is 0 Å². The van der Waals surface area contributed by atoms with Crippen LogP contribution in [0.2, 0.25) is 5.02 Å². The van der Waals surface area contributed by atoms with Crippen molar-refractivity contribution in [2.45, 2.75) is 13.0 Å². The number of carbonyl (C=O) groups excluding carboxylic acids is 1. The van der Waals surface area contributed by atoms with Crippen LogP contribution in [-0.4, -0.2) is 16.9 Å². The smallest absolute Gasteiger partial charge is 0.292 e. The monoisotopic (exact) mass is 319 g/mol. The fourth-order valence-electron chi connectivity index (χ4n) is 1.84. The Labute approximate surface area is 132 Å². The number of nitro groups is 1. The molecule has 0 bridgehead atoms. The normalized spacial score (nSPS) is 11.5. The van der Waals surface area contributed by atoms with Crippen molar-refractivity contribution in [1.29, 1.82) is 0 Å². The zero-order chi connectivity index (χ0) is 16.1. The first kappa shape index (κ1) is 15.8. The largest absolute Gasteiger partial charge is 0.374 e. The number of halogens is 1. The maximum Gasteiger partial charge on any atom is 0.292 e. The van der Waals surface area contributed by atoms with Crippen LogP contribution in [0.4, 0.5) is 17.1 Å². The average Bonchev–Trinajstić information content (AvgIpc) is 2.49. The number of anilines is 2. The van der Waals surface area contributed by atoms with E-state index in [4.69, 9.17) is 11.6 Å². The molecule has 2 aromatic carbocycles. The van der Waals surface area contributed by atoms with Crippen molar-refractivity contribution >= 4 is 34.6 Å². The van der Waals surface area contributed by atoms with Crippen LogP contribution < -0.4 is 10.6 Å². The minimum atomic E-state index is -0.569. The lowest BCUT2D eigenvalue weighted by molar-refractivity contribution is -0.383. The summed E-state index contributed by atoms with van der Waals surface area (Å²) in [5.41, 5.74) is 0.756. The summed E-state index contributed by atoms with van der Waals surface area (Å²) in [5.74, 6) is -0.371. The lowest BCUT2D eigenvalue weighted by atomic mass is 10.2. The second kappa shape index (κ2) is 6.91. The van der Waals surface area contributed by atoms with Gasteiger partial charge in [0.05, 0.1) is 4.92 Å². The number of carbonyl (C=O) groups is 1. The Kier molecular flexibility index (Phi) is 4.95. The van der Waals surface area contributed by atoms with E-state index in [1.165, 1.54) is 12.1 Å². The first-order chi connectivity index (χ1) is 10.5. The van der Waals surface area contributed by atoms with E-state index in [1.807, 2.05) is 0 Å². The number of nitrogens with zero attached hydrogens (tertiary/aromatic N) is 1. The fraction of sp³-hybridized carbons (Fsp3) is 0.133. The maximum atomic E-state index is 12.1. The second-order valence-electron chi connectivity index (χ2n) is 4.64. The van der Waals surface area contributed by atoms with Gasteiger partial charge in [0.25, 0.3) is 5.69 Å². The summed E-state index contributed by atoms with van der Waals surface area (Å²) >= 11 is 5.79. The highest BCUT2D eigenvalue weighted by atomic mass is 35.5. The highest BCUT2D eigenvalue weighted by Crippen LogP contribution is 2.23. The summed E-state index contributed by atoms with van der Waals surface area (Å²) in [6, 6.07) is 12.3. The summed E-state index contributed by atoms with van der Waals surface area (Å²) in [7, 11) is 0. The van der Waals surface area contributed by atoms with Crippen LogP contribution >= 0.6 is 11.6 Å². The topological polar surface area (TPSA) is 84.3 Å². The number of hydrogen-bond donors (Lipinski definition) is 2. The van der Waals surface area contributed by atoms with E-state index in [0.717, 1.165) is 5.69 Å². The zero-order valence-electron chi connectivity index (χ0n) is 11.7. The number of hydrogen-bond acceptors (Lipinski definition) is 4. The van der Waals surface area contributed by atoms with E-state index in [0.29, 0.717) is 5.02 Å². The van der Waals surface area contributed by atoms with Gasteiger partial charge in [0.15, 0.2) is 0 Å². The number of amides is 1. The summed E-state index contributed by atoms with van der Waals surface area (Å²) in [4.78, 5) is 22.5. The van der Waals surface area contributed by atoms with Gasteiger partial charge in [-0.2, -0.15) is 0 Å². The van der Waals surface area contributed by atoms with E-state index in [-0.39, 0.29) is 17.3 Å². The van der Waals surface area contributed by atoms with Crippen LogP contribution in [0.1, 0.15) is 6.92 Å². The Morgan fingerprint density at radius 1 is 1.18 bits per heavy atom. The van der Waals surface area contributed by atoms with Crippen molar-refractivity contribution in [2.75, 3.05) is 10.6 Å². The van der Waals surface area contributed by atoms with E-state index in [2.05, 4.69) is 10.6 Å². The first-order valence-electron chi connectivity index (χ1n) is 6.54. The lowest BCUT2D eigenvalue weighted by Crippen LogP contribution is -2.32. The standard InChI is InChI=1S/C15H14ClN3O3/c1-10(17-12-8-6-11(16)7-9-12)15(20)18-13-4-2-3-5-14(13)19(21)22/h2-10,17H,1H3,(H,18,20)/t10-/m1/s1. The van der Waals surface area contributed by atoms with Gasteiger partial charge in [0.2, 0.25) is 5.91 Å². The van der Waals surface area contributed by atoms with Gasteiger partial charge in [-0.25, -0.2) is 0 Å². The summed E-state index contributed by atoms with van der Waals surface area (Å²) in [5, 5.41) is 17.1. The summed E-state index contributed by atoms with van der Waals surface area (Å²) < 4.78 is 0. The predicted octanol–water partition coefficient (Wildman–Crippen LogP) is 3.69. The van der Waals surface area contributed by atoms with Gasteiger partial charge in [0, 0.05) is 16.8 Å². The third-order valence-electron chi connectivity index (χ3n) is 2.98. The third-order valence-corrected chi connectivity index (χ3v) is 3.23. The Hall–Kier alpha value is -2.60.